The van der Waals surface area contributed by atoms with E-state index in [-0.39, 0.29) is 0 Å². The van der Waals surface area contributed by atoms with Crippen LogP contribution in [0.2, 0.25) is 0 Å². The van der Waals surface area contributed by atoms with E-state index in [9.17, 15) is 4.57 Å². The Morgan fingerprint density at radius 2 is 0.733 bits per heavy atom. The summed E-state index contributed by atoms with van der Waals surface area (Å²) >= 11 is 0. The van der Waals surface area contributed by atoms with Crippen molar-refractivity contribution in [1.29, 1.82) is 0 Å². The van der Waals surface area contributed by atoms with Gasteiger partial charge in [0.15, 0.2) is 0 Å². The average molecular weight is 447 g/mol. The summed E-state index contributed by atoms with van der Waals surface area (Å²) in [6, 6.07) is 0. The largest absolute Gasteiger partial charge is 0.481 e. The molecule has 0 aliphatic heterocycles. The number of hydrogen-bond acceptors (Lipinski definition) is 2. The van der Waals surface area contributed by atoms with Gasteiger partial charge in [-0.1, -0.05) is 117 Å². The average Bonchev–Trinajstić information content (AvgIpc) is 2.70. The third kappa shape index (κ3) is 27.7. The first-order valence-corrected chi connectivity index (χ1v) is 15.4. The summed E-state index contributed by atoms with van der Waals surface area (Å²) < 4.78 is 13.5. The molecule has 0 aromatic carbocycles. The molecule has 0 radical (unpaired) electrons. The Kier molecular flexibility index (Phi) is 26.5. The van der Waals surface area contributed by atoms with Crippen molar-refractivity contribution in [2.24, 2.45) is 0 Å². The van der Waals surface area contributed by atoms with Crippen LogP contribution in [0.1, 0.15) is 143 Å². The molecule has 0 rings (SSSR count). The summed E-state index contributed by atoms with van der Waals surface area (Å²) in [6.07, 6.45) is 26.9. The van der Waals surface area contributed by atoms with E-state index in [2.05, 4.69) is 20.8 Å². The molecule has 0 atom stereocenters. The van der Waals surface area contributed by atoms with E-state index in [1.807, 2.05) is 0 Å². The third-order valence-electron chi connectivity index (χ3n) is 5.76. The van der Waals surface area contributed by atoms with Gasteiger partial charge in [-0.15, -0.1) is 0 Å². The van der Waals surface area contributed by atoms with Crippen molar-refractivity contribution in [3.05, 3.63) is 0 Å². The van der Waals surface area contributed by atoms with Crippen molar-refractivity contribution < 1.29 is 14.5 Å². The van der Waals surface area contributed by atoms with Crippen molar-refractivity contribution in [3.63, 3.8) is 0 Å². The molecular formula is C26H55O3P. The molecule has 0 aromatic rings. The highest BCUT2D eigenvalue weighted by Gasteiger charge is 2.20. The van der Waals surface area contributed by atoms with Crippen LogP contribution < -0.4 is 0 Å². The molecule has 0 amide bonds. The number of carboxylic acid groups (broad SMARTS) is 1. The van der Waals surface area contributed by atoms with Crippen molar-refractivity contribution in [2.75, 3.05) is 18.5 Å². The molecule has 0 aromatic heterocycles. The van der Waals surface area contributed by atoms with Crippen LogP contribution in [0.5, 0.6) is 0 Å². The molecule has 0 heterocycles. The Labute approximate surface area is 189 Å². The van der Waals surface area contributed by atoms with Crippen LogP contribution in [0.15, 0.2) is 0 Å². The van der Waals surface area contributed by atoms with Gasteiger partial charge in [-0.3, -0.25) is 4.79 Å². The molecule has 0 aliphatic carbocycles. The normalized spacial score (nSPS) is 11.2. The fourth-order valence-corrected chi connectivity index (χ4v) is 6.95. The highest BCUT2D eigenvalue weighted by Crippen LogP contribution is 2.48. The van der Waals surface area contributed by atoms with Crippen LogP contribution in [0, 0.1) is 0 Å². The summed E-state index contributed by atoms with van der Waals surface area (Å²) in [7, 11) is -1.89. The number of unbranched alkanes of at least 4 members (excludes halogenated alkanes) is 15. The maximum Gasteiger partial charge on any atom is 0.300 e. The first-order chi connectivity index (χ1) is 14.4. The Balaban J connectivity index is 0. The van der Waals surface area contributed by atoms with Gasteiger partial charge in [0.25, 0.3) is 5.97 Å². The molecule has 0 saturated heterocycles. The monoisotopic (exact) mass is 446 g/mol. The Morgan fingerprint density at radius 1 is 0.533 bits per heavy atom. The van der Waals surface area contributed by atoms with Gasteiger partial charge in [0, 0.05) is 25.4 Å². The minimum Gasteiger partial charge on any atom is -0.481 e. The molecule has 0 saturated carbocycles. The van der Waals surface area contributed by atoms with Gasteiger partial charge in [0.05, 0.1) is 7.14 Å². The number of rotatable bonds is 21. The summed E-state index contributed by atoms with van der Waals surface area (Å²) in [5, 5.41) is 7.42. The van der Waals surface area contributed by atoms with Gasteiger partial charge >= 0.3 is 0 Å². The Hall–Kier alpha value is -0.300. The quantitative estimate of drug-likeness (QED) is 0.141. The second-order valence-electron chi connectivity index (χ2n) is 9.05. The topological polar surface area (TPSA) is 54.4 Å². The summed E-state index contributed by atoms with van der Waals surface area (Å²) in [5.74, 6) is -0.833. The zero-order valence-electron chi connectivity index (χ0n) is 21.1. The predicted octanol–water partition coefficient (Wildman–Crippen LogP) is 9.52. The lowest BCUT2D eigenvalue weighted by molar-refractivity contribution is -0.134. The van der Waals surface area contributed by atoms with Gasteiger partial charge in [-0.25, -0.2) is 0 Å². The van der Waals surface area contributed by atoms with Crippen molar-refractivity contribution >= 4 is 13.1 Å². The van der Waals surface area contributed by atoms with E-state index in [1.54, 1.807) is 0 Å². The van der Waals surface area contributed by atoms with E-state index in [4.69, 9.17) is 9.90 Å². The van der Waals surface area contributed by atoms with E-state index in [0.29, 0.717) is 0 Å². The van der Waals surface area contributed by atoms with Crippen LogP contribution >= 0.6 is 7.14 Å². The first kappa shape index (κ1) is 31.9. The van der Waals surface area contributed by atoms with E-state index in [0.717, 1.165) is 25.4 Å². The summed E-state index contributed by atoms with van der Waals surface area (Å²) in [4.78, 5) is 9.00. The highest BCUT2D eigenvalue weighted by molar-refractivity contribution is 7.63. The lowest BCUT2D eigenvalue weighted by Gasteiger charge is -2.18. The molecule has 3 nitrogen and oxygen atoms in total. The SMILES string of the molecule is CC(=O)O.CCCCCCCCP(=O)(CCCCCCCC)CCCCCCCC. The molecule has 0 bridgehead atoms. The number of carboxylic acids is 1. The fourth-order valence-electron chi connectivity index (χ4n) is 3.88. The van der Waals surface area contributed by atoms with Crippen LogP contribution in [-0.2, 0) is 9.36 Å². The lowest BCUT2D eigenvalue weighted by atomic mass is 10.1. The van der Waals surface area contributed by atoms with Crippen molar-refractivity contribution in [3.8, 4) is 0 Å². The number of carbonyl (C=O) groups is 1. The zero-order valence-corrected chi connectivity index (χ0v) is 22.0. The second-order valence-corrected chi connectivity index (χ2v) is 12.5. The minimum absolute atomic E-state index is 0.833. The van der Waals surface area contributed by atoms with E-state index in [1.165, 1.54) is 116 Å². The minimum atomic E-state index is -1.89. The molecular weight excluding hydrogens is 391 g/mol. The maximum atomic E-state index is 13.5. The summed E-state index contributed by atoms with van der Waals surface area (Å²) in [5.41, 5.74) is 0. The molecule has 0 aliphatic rings. The zero-order chi connectivity index (χ0) is 22.9. The first-order valence-electron chi connectivity index (χ1n) is 13.2. The molecule has 0 fully saturated rings. The van der Waals surface area contributed by atoms with Crippen molar-refractivity contribution in [1.82, 2.24) is 0 Å². The number of hydrogen-bond donors (Lipinski definition) is 1. The third-order valence-corrected chi connectivity index (χ3v) is 9.15. The Morgan fingerprint density at radius 3 is 0.967 bits per heavy atom. The molecule has 0 unspecified atom stereocenters. The molecule has 0 spiro atoms. The van der Waals surface area contributed by atoms with Gasteiger partial charge in [-0.2, -0.15) is 0 Å². The van der Waals surface area contributed by atoms with E-state index < -0.39 is 13.1 Å². The standard InChI is InChI=1S/C24H51OP.C2H4O2/c1-4-7-10-13-16-19-22-26(25,23-20-17-14-11-8-5-2)24-21-18-15-12-9-6-3;1-2(3)4/h4-24H2,1-3H3;1H3,(H,3,4). The summed E-state index contributed by atoms with van der Waals surface area (Å²) in [6.45, 7) is 7.90. The fraction of sp³-hybridized carbons (Fsp3) is 0.962. The lowest BCUT2D eigenvalue weighted by Crippen LogP contribution is -2.02. The molecule has 182 valence electrons. The molecule has 4 heteroatoms. The highest BCUT2D eigenvalue weighted by atomic mass is 31.2. The second kappa shape index (κ2) is 25.0. The van der Waals surface area contributed by atoms with Gasteiger partial charge in [-0.05, 0) is 19.3 Å². The molecule has 1 N–H and O–H groups in total. The van der Waals surface area contributed by atoms with Crippen molar-refractivity contribution in [2.45, 2.75) is 143 Å². The van der Waals surface area contributed by atoms with Crippen LogP contribution in [-0.4, -0.2) is 29.6 Å². The van der Waals surface area contributed by atoms with E-state index >= 15 is 0 Å². The van der Waals surface area contributed by atoms with Gasteiger partial charge in [0.1, 0.15) is 0 Å². The van der Waals surface area contributed by atoms with Crippen LogP contribution in [0.4, 0.5) is 0 Å². The molecule has 30 heavy (non-hydrogen) atoms. The van der Waals surface area contributed by atoms with Gasteiger partial charge in [0.2, 0.25) is 0 Å². The van der Waals surface area contributed by atoms with Crippen LogP contribution in [0.3, 0.4) is 0 Å². The maximum absolute atomic E-state index is 13.5. The van der Waals surface area contributed by atoms with Gasteiger partial charge < -0.3 is 9.67 Å². The Bertz CT molecular complexity index is 344. The number of aliphatic carboxylic acids is 1. The predicted molar refractivity (Wildman–Crippen MR) is 136 cm³/mol. The smallest absolute Gasteiger partial charge is 0.300 e. The van der Waals surface area contributed by atoms with Crippen LogP contribution in [0.25, 0.3) is 0 Å².